The molecule has 6 nitrogen and oxygen atoms in total. The van der Waals surface area contributed by atoms with E-state index in [0.717, 1.165) is 35.2 Å². The highest BCUT2D eigenvalue weighted by molar-refractivity contribution is 5.97. The molecule has 1 aromatic heterocycles. The Bertz CT molecular complexity index is 1000. The number of fused-ring (bicyclic) bond motifs is 1. The van der Waals surface area contributed by atoms with Gasteiger partial charge in [0.05, 0.1) is 0 Å². The van der Waals surface area contributed by atoms with Crippen molar-refractivity contribution in [2.24, 2.45) is 0 Å². The summed E-state index contributed by atoms with van der Waals surface area (Å²) in [6, 6.07) is 15.2. The minimum Gasteiger partial charge on any atom is -0.372 e. The number of nitrogens with one attached hydrogen (secondary N) is 3. The van der Waals surface area contributed by atoms with E-state index < -0.39 is 6.04 Å². The lowest BCUT2D eigenvalue weighted by atomic mass is 10.0. The number of anilines is 2. The van der Waals surface area contributed by atoms with Crippen LogP contribution in [0.4, 0.5) is 11.4 Å². The molecule has 1 aliphatic rings. The fourth-order valence-electron chi connectivity index (χ4n) is 3.94. The van der Waals surface area contributed by atoms with E-state index in [1.54, 1.807) is 0 Å². The zero-order valence-electron chi connectivity index (χ0n) is 16.6. The molecule has 0 saturated carbocycles. The molecule has 1 fully saturated rings. The van der Waals surface area contributed by atoms with Crippen molar-refractivity contribution in [2.45, 2.75) is 32.2 Å². The van der Waals surface area contributed by atoms with Crippen LogP contribution >= 0.6 is 0 Å². The molecule has 0 aliphatic carbocycles. The summed E-state index contributed by atoms with van der Waals surface area (Å²) >= 11 is 0. The average molecular weight is 390 g/mol. The number of para-hydroxylation sites is 1. The molecule has 2 aromatic carbocycles. The summed E-state index contributed by atoms with van der Waals surface area (Å²) in [5, 5.41) is 6.79. The fourth-order valence-corrected chi connectivity index (χ4v) is 3.94. The molecule has 0 unspecified atom stereocenters. The number of nitrogens with zero attached hydrogens (tertiary/aromatic N) is 1. The van der Waals surface area contributed by atoms with E-state index in [0.29, 0.717) is 6.42 Å². The molecule has 3 aromatic rings. The van der Waals surface area contributed by atoms with Crippen LogP contribution in [0.2, 0.25) is 0 Å². The van der Waals surface area contributed by atoms with Gasteiger partial charge < -0.3 is 20.5 Å². The third-order valence-corrected chi connectivity index (χ3v) is 5.40. The zero-order chi connectivity index (χ0) is 20.2. The number of hydrogen-bond donors (Lipinski definition) is 3. The largest absolute Gasteiger partial charge is 0.372 e. The lowest BCUT2D eigenvalue weighted by molar-refractivity contribution is -0.125. The second-order valence-corrected chi connectivity index (χ2v) is 7.55. The summed E-state index contributed by atoms with van der Waals surface area (Å²) in [6.45, 7) is 3.60. The van der Waals surface area contributed by atoms with Crippen molar-refractivity contribution >= 4 is 34.1 Å². The molecule has 1 saturated heterocycles. The maximum Gasteiger partial charge on any atom is 0.247 e. The van der Waals surface area contributed by atoms with Gasteiger partial charge in [-0.25, -0.2) is 0 Å². The number of benzene rings is 2. The van der Waals surface area contributed by atoms with Gasteiger partial charge >= 0.3 is 0 Å². The normalized spacial score (nSPS) is 14.7. The Balaban J connectivity index is 1.47. The molecule has 150 valence electrons. The topological polar surface area (TPSA) is 77.2 Å². The first-order valence-corrected chi connectivity index (χ1v) is 10.1. The van der Waals surface area contributed by atoms with Crippen molar-refractivity contribution in [1.29, 1.82) is 0 Å². The van der Waals surface area contributed by atoms with E-state index in [4.69, 9.17) is 0 Å². The van der Waals surface area contributed by atoms with Crippen LogP contribution in [0.5, 0.6) is 0 Å². The number of hydrogen-bond acceptors (Lipinski definition) is 3. The Hall–Kier alpha value is -3.28. The molecule has 3 N–H and O–H groups in total. The van der Waals surface area contributed by atoms with E-state index in [1.165, 1.54) is 25.5 Å². The molecular weight excluding hydrogens is 364 g/mol. The number of amides is 2. The molecule has 1 aliphatic heterocycles. The third-order valence-electron chi connectivity index (χ3n) is 5.40. The maximum atomic E-state index is 12.9. The summed E-state index contributed by atoms with van der Waals surface area (Å²) in [5.74, 6) is -0.450. The minimum atomic E-state index is -0.648. The first-order chi connectivity index (χ1) is 14.1. The highest BCUT2D eigenvalue weighted by Gasteiger charge is 2.22. The first-order valence-electron chi connectivity index (χ1n) is 10.1. The van der Waals surface area contributed by atoms with Crippen molar-refractivity contribution in [2.75, 3.05) is 23.3 Å². The summed E-state index contributed by atoms with van der Waals surface area (Å²) < 4.78 is 0. The quantitative estimate of drug-likeness (QED) is 0.603. The van der Waals surface area contributed by atoms with Gasteiger partial charge in [0.1, 0.15) is 6.04 Å². The lowest BCUT2D eigenvalue weighted by Gasteiger charge is -2.19. The van der Waals surface area contributed by atoms with Crippen LogP contribution in [0, 0.1) is 0 Å². The summed E-state index contributed by atoms with van der Waals surface area (Å²) in [7, 11) is 0. The van der Waals surface area contributed by atoms with Crippen LogP contribution in [0.3, 0.4) is 0 Å². The van der Waals surface area contributed by atoms with Gasteiger partial charge in [0, 0.05) is 54.9 Å². The molecule has 2 heterocycles. The van der Waals surface area contributed by atoms with Crippen LogP contribution in [0.15, 0.2) is 54.7 Å². The van der Waals surface area contributed by atoms with Gasteiger partial charge in [-0.2, -0.15) is 0 Å². The van der Waals surface area contributed by atoms with Gasteiger partial charge in [0.15, 0.2) is 0 Å². The average Bonchev–Trinajstić information content (AvgIpc) is 3.38. The summed E-state index contributed by atoms with van der Waals surface area (Å²) in [4.78, 5) is 30.2. The smallest absolute Gasteiger partial charge is 0.247 e. The van der Waals surface area contributed by atoms with E-state index in [-0.39, 0.29) is 11.8 Å². The van der Waals surface area contributed by atoms with Crippen molar-refractivity contribution < 1.29 is 9.59 Å². The summed E-state index contributed by atoms with van der Waals surface area (Å²) in [5.41, 5.74) is 3.92. The molecule has 6 heteroatoms. The standard InChI is InChI=1S/C23H26N4O2/c1-16(28)25-22(14-17-15-24-21-7-3-2-6-20(17)21)23(29)26-18-8-10-19(11-9-18)27-12-4-5-13-27/h2-3,6-11,15,22,24H,4-5,12-14H2,1H3,(H,25,28)(H,26,29)/t22-/m0/s1. The van der Waals surface area contributed by atoms with Crippen molar-refractivity contribution in [3.63, 3.8) is 0 Å². The predicted octanol–water partition coefficient (Wildman–Crippen LogP) is 3.45. The van der Waals surface area contributed by atoms with Gasteiger partial charge in [0.25, 0.3) is 0 Å². The van der Waals surface area contributed by atoms with Crippen LogP contribution in [-0.2, 0) is 16.0 Å². The summed E-state index contributed by atoms with van der Waals surface area (Å²) in [6.07, 6.45) is 4.77. The minimum absolute atomic E-state index is 0.223. The number of aromatic nitrogens is 1. The Labute approximate surface area is 170 Å². The second-order valence-electron chi connectivity index (χ2n) is 7.55. The SMILES string of the molecule is CC(=O)N[C@@H](Cc1c[nH]c2ccccc12)C(=O)Nc1ccc(N2CCCC2)cc1. The van der Waals surface area contributed by atoms with Crippen molar-refractivity contribution in [1.82, 2.24) is 10.3 Å². The van der Waals surface area contributed by atoms with Gasteiger partial charge in [-0.3, -0.25) is 9.59 Å². The number of aromatic amines is 1. The van der Waals surface area contributed by atoms with Gasteiger partial charge in [0.2, 0.25) is 11.8 Å². The van der Waals surface area contributed by atoms with Crippen LogP contribution in [-0.4, -0.2) is 35.9 Å². The third kappa shape index (κ3) is 4.42. The van der Waals surface area contributed by atoms with Crippen LogP contribution in [0.1, 0.15) is 25.3 Å². The number of H-pyrrole nitrogens is 1. The van der Waals surface area contributed by atoms with E-state index in [1.807, 2.05) is 54.7 Å². The van der Waals surface area contributed by atoms with Crippen molar-refractivity contribution in [3.8, 4) is 0 Å². The molecule has 0 spiro atoms. The first kappa shape index (κ1) is 19.1. The van der Waals surface area contributed by atoms with Crippen LogP contribution in [0.25, 0.3) is 10.9 Å². The lowest BCUT2D eigenvalue weighted by Crippen LogP contribution is -2.44. The Morgan fingerprint density at radius 3 is 2.52 bits per heavy atom. The number of carbonyl (C=O) groups is 2. The van der Waals surface area contributed by atoms with Gasteiger partial charge in [-0.15, -0.1) is 0 Å². The Kier molecular flexibility index (Phi) is 5.51. The molecule has 2 amide bonds. The monoisotopic (exact) mass is 390 g/mol. The number of carbonyl (C=O) groups excluding carboxylic acids is 2. The molecular formula is C23H26N4O2. The van der Waals surface area contributed by atoms with E-state index in [9.17, 15) is 9.59 Å². The molecule has 1 atom stereocenters. The van der Waals surface area contributed by atoms with E-state index >= 15 is 0 Å². The fraction of sp³-hybridized carbons (Fsp3) is 0.304. The van der Waals surface area contributed by atoms with Gasteiger partial charge in [-0.05, 0) is 48.7 Å². The molecule has 29 heavy (non-hydrogen) atoms. The maximum absolute atomic E-state index is 12.9. The highest BCUT2D eigenvalue weighted by atomic mass is 16.2. The number of rotatable bonds is 6. The van der Waals surface area contributed by atoms with E-state index in [2.05, 4.69) is 20.5 Å². The van der Waals surface area contributed by atoms with Crippen LogP contribution < -0.4 is 15.5 Å². The molecule has 4 rings (SSSR count). The Morgan fingerprint density at radius 2 is 1.79 bits per heavy atom. The zero-order valence-corrected chi connectivity index (χ0v) is 16.6. The van der Waals surface area contributed by atoms with Crippen molar-refractivity contribution in [3.05, 3.63) is 60.3 Å². The molecule has 0 radical (unpaired) electrons. The Morgan fingerprint density at radius 1 is 1.07 bits per heavy atom. The second kappa shape index (κ2) is 8.39. The highest BCUT2D eigenvalue weighted by Crippen LogP contribution is 2.23. The molecule has 0 bridgehead atoms. The van der Waals surface area contributed by atoms with Gasteiger partial charge in [-0.1, -0.05) is 18.2 Å². The predicted molar refractivity (Wildman–Crippen MR) is 116 cm³/mol.